The van der Waals surface area contributed by atoms with E-state index in [9.17, 15) is 14.0 Å². The molecule has 1 aromatic rings. The maximum Gasteiger partial charge on any atom is 0.239 e. The highest BCUT2D eigenvalue weighted by atomic mass is 19.1. The van der Waals surface area contributed by atoms with Crippen molar-refractivity contribution >= 4 is 11.8 Å². The van der Waals surface area contributed by atoms with Gasteiger partial charge in [0, 0.05) is 32.7 Å². The number of benzene rings is 1. The lowest BCUT2D eigenvalue weighted by molar-refractivity contribution is -0.135. The van der Waals surface area contributed by atoms with Crippen molar-refractivity contribution in [3.63, 3.8) is 0 Å². The van der Waals surface area contributed by atoms with Crippen molar-refractivity contribution in [1.29, 1.82) is 0 Å². The molecule has 0 bridgehead atoms. The van der Waals surface area contributed by atoms with Crippen LogP contribution in [-0.4, -0.2) is 43.5 Å². The molecule has 2 amide bonds. The Bertz CT molecular complexity index is 465. The first-order valence-corrected chi connectivity index (χ1v) is 6.29. The fourth-order valence-corrected chi connectivity index (χ4v) is 1.63. The number of methoxy groups -OCH3 is 1. The Balaban J connectivity index is 2.59. The lowest BCUT2D eigenvalue weighted by Gasteiger charge is -2.20. The second-order valence-electron chi connectivity index (χ2n) is 4.31. The molecule has 0 fully saturated rings. The summed E-state index contributed by atoms with van der Waals surface area (Å²) in [6.07, 6.45) is 0. The summed E-state index contributed by atoms with van der Waals surface area (Å²) < 4.78 is 18.4. The number of ether oxygens (including phenoxy) is 1. The predicted molar refractivity (Wildman–Crippen MR) is 72.4 cm³/mol. The zero-order valence-corrected chi connectivity index (χ0v) is 11.7. The van der Waals surface area contributed by atoms with Gasteiger partial charge in [0.2, 0.25) is 11.8 Å². The molecule has 0 saturated carbocycles. The number of carbonyl (C=O) groups excluding carboxylic acids is 2. The van der Waals surface area contributed by atoms with Gasteiger partial charge in [-0.05, 0) is 6.07 Å². The van der Waals surface area contributed by atoms with Gasteiger partial charge in [-0.2, -0.15) is 0 Å². The van der Waals surface area contributed by atoms with Crippen LogP contribution in [0.15, 0.2) is 24.3 Å². The number of nitrogens with zero attached hydrogens (tertiary/aromatic N) is 1. The summed E-state index contributed by atoms with van der Waals surface area (Å²) in [6.45, 7) is 2.09. The van der Waals surface area contributed by atoms with Crippen molar-refractivity contribution in [3.8, 4) is 0 Å². The largest absolute Gasteiger partial charge is 0.383 e. The molecule has 110 valence electrons. The van der Waals surface area contributed by atoms with Crippen LogP contribution in [0.4, 0.5) is 4.39 Å². The topological polar surface area (TPSA) is 58.6 Å². The first-order valence-electron chi connectivity index (χ1n) is 6.29. The monoisotopic (exact) mass is 282 g/mol. The van der Waals surface area contributed by atoms with E-state index < -0.39 is 5.82 Å². The van der Waals surface area contributed by atoms with Gasteiger partial charge in [0.15, 0.2) is 0 Å². The second kappa shape index (κ2) is 8.27. The Morgan fingerprint density at radius 3 is 2.65 bits per heavy atom. The average molecular weight is 282 g/mol. The Morgan fingerprint density at radius 1 is 1.35 bits per heavy atom. The maximum atomic E-state index is 13.5. The van der Waals surface area contributed by atoms with E-state index in [4.69, 9.17) is 4.74 Å². The Labute approximate surface area is 117 Å². The molecule has 0 heterocycles. The first kappa shape index (κ1) is 16.1. The van der Waals surface area contributed by atoms with Gasteiger partial charge in [0.05, 0.1) is 13.2 Å². The van der Waals surface area contributed by atoms with E-state index in [0.29, 0.717) is 18.7 Å². The lowest BCUT2D eigenvalue weighted by Crippen LogP contribution is -2.40. The number of rotatable bonds is 7. The standard InChI is InChI=1S/C14H19FN2O3/c1-11(18)17(10-14(19)16-7-8-20-2)9-12-5-3-4-6-13(12)15/h3-6H,7-10H2,1-2H3,(H,16,19). The number of halogens is 1. The highest BCUT2D eigenvalue weighted by Gasteiger charge is 2.15. The molecule has 0 saturated heterocycles. The summed E-state index contributed by atoms with van der Waals surface area (Å²) in [5.41, 5.74) is 0.382. The summed E-state index contributed by atoms with van der Waals surface area (Å²) in [6, 6.07) is 6.18. The van der Waals surface area contributed by atoms with E-state index in [1.807, 2.05) is 0 Å². The Hall–Kier alpha value is -1.95. The summed E-state index contributed by atoms with van der Waals surface area (Å²) in [5, 5.41) is 2.62. The second-order valence-corrected chi connectivity index (χ2v) is 4.31. The number of amides is 2. The summed E-state index contributed by atoms with van der Waals surface area (Å²) in [4.78, 5) is 24.5. The number of hydrogen-bond acceptors (Lipinski definition) is 3. The Kier molecular flexibility index (Phi) is 6.66. The van der Waals surface area contributed by atoms with E-state index in [2.05, 4.69) is 5.32 Å². The molecule has 5 nitrogen and oxygen atoms in total. The van der Waals surface area contributed by atoms with E-state index in [1.54, 1.807) is 18.2 Å². The predicted octanol–water partition coefficient (Wildman–Crippen LogP) is 0.937. The molecular formula is C14H19FN2O3. The van der Waals surface area contributed by atoms with Gasteiger partial charge in [-0.1, -0.05) is 18.2 Å². The van der Waals surface area contributed by atoms with Crippen LogP contribution in [0.1, 0.15) is 12.5 Å². The number of carbonyl (C=O) groups is 2. The van der Waals surface area contributed by atoms with Crippen molar-refractivity contribution < 1.29 is 18.7 Å². The summed E-state index contributed by atoms with van der Waals surface area (Å²) >= 11 is 0. The first-order chi connectivity index (χ1) is 9.54. The highest BCUT2D eigenvalue weighted by molar-refractivity contribution is 5.83. The van der Waals surface area contributed by atoms with Crippen LogP contribution >= 0.6 is 0 Å². The van der Waals surface area contributed by atoms with Gasteiger partial charge in [-0.3, -0.25) is 9.59 Å². The van der Waals surface area contributed by atoms with Gasteiger partial charge in [0.1, 0.15) is 5.82 Å². The summed E-state index contributed by atoms with van der Waals surface area (Å²) in [5.74, 6) is -0.970. The third kappa shape index (κ3) is 5.36. The smallest absolute Gasteiger partial charge is 0.239 e. The van der Waals surface area contributed by atoms with Gasteiger partial charge in [0.25, 0.3) is 0 Å². The fourth-order valence-electron chi connectivity index (χ4n) is 1.63. The maximum absolute atomic E-state index is 13.5. The van der Waals surface area contributed by atoms with Crippen LogP contribution in [0.2, 0.25) is 0 Å². The van der Waals surface area contributed by atoms with Crippen LogP contribution in [0.25, 0.3) is 0 Å². The lowest BCUT2D eigenvalue weighted by atomic mass is 10.2. The minimum Gasteiger partial charge on any atom is -0.383 e. The van der Waals surface area contributed by atoms with Crippen LogP contribution in [0.5, 0.6) is 0 Å². The quantitative estimate of drug-likeness (QED) is 0.757. The van der Waals surface area contributed by atoms with Gasteiger partial charge in [-0.15, -0.1) is 0 Å². The van der Waals surface area contributed by atoms with E-state index in [-0.39, 0.29) is 24.9 Å². The molecule has 1 aromatic carbocycles. The molecule has 0 unspecified atom stereocenters. The molecule has 0 aliphatic carbocycles. The van der Waals surface area contributed by atoms with Crippen molar-refractivity contribution in [2.45, 2.75) is 13.5 Å². The fraction of sp³-hybridized carbons (Fsp3) is 0.429. The molecule has 0 aromatic heterocycles. The van der Waals surface area contributed by atoms with Crippen LogP contribution in [0, 0.1) is 5.82 Å². The van der Waals surface area contributed by atoms with Crippen molar-refractivity contribution in [2.24, 2.45) is 0 Å². The third-order valence-corrected chi connectivity index (χ3v) is 2.73. The highest BCUT2D eigenvalue weighted by Crippen LogP contribution is 2.09. The molecule has 1 N–H and O–H groups in total. The molecule has 0 radical (unpaired) electrons. The minimum atomic E-state index is -0.390. The van der Waals surface area contributed by atoms with Crippen LogP contribution in [-0.2, 0) is 20.9 Å². The molecular weight excluding hydrogens is 263 g/mol. The normalized spacial score (nSPS) is 10.2. The minimum absolute atomic E-state index is 0.0692. The molecule has 0 spiro atoms. The van der Waals surface area contributed by atoms with Gasteiger partial charge < -0.3 is 15.0 Å². The van der Waals surface area contributed by atoms with E-state index in [0.717, 1.165) is 0 Å². The number of hydrogen-bond donors (Lipinski definition) is 1. The molecule has 0 atom stereocenters. The van der Waals surface area contributed by atoms with Crippen LogP contribution in [0.3, 0.4) is 0 Å². The van der Waals surface area contributed by atoms with E-state index in [1.165, 1.54) is 25.0 Å². The molecule has 1 rings (SSSR count). The molecule has 0 aliphatic rings. The van der Waals surface area contributed by atoms with Crippen LogP contribution < -0.4 is 5.32 Å². The molecule has 0 aliphatic heterocycles. The average Bonchev–Trinajstić information content (AvgIpc) is 2.40. The molecule has 6 heteroatoms. The zero-order chi connectivity index (χ0) is 15.0. The van der Waals surface area contributed by atoms with Crippen molar-refractivity contribution in [2.75, 3.05) is 26.8 Å². The van der Waals surface area contributed by atoms with Gasteiger partial charge in [-0.25, -0.2) is 4.39 Å². The van der Waals surface area contributed by atoms with E-state index >= 15 is 0 Å². The van der Waals surface area contributed by atoms with Gasteiger partial charge >= 0.3 is 0 Å². The van der Waals surface area contributed by atoms with Crippen molar-refractivity contribution in [3.05, 3.63) is 35.6 Å². The summed E-state index contributed by atoms with van der Waals surface area (Å²) in [7, 11) is 1.53. The van der Waals surface area contributed by atoms with Crippen molar-refractivity contribution in [1.82, 2.24) is 10.2 Å². The Morgan fingerprint density at radius 2 is 2.05 bits per heavy atom. The zero-order valence-electron chi connectivity index (χ0n) is 11.7. The SMILES string of the molecule is COCCNC(=O)CN(Cc1ccccc1F)C(C)=O. The third-order valence-electron chi connectivity index (χ3n) is 2.73. The molecule has 20 heavy (non-hydrogen) atoms. The number of nitrogens with one attached hydrogen (secondary N) is 1.